The van der Waals surface area contributed by atoms with E-state index in [2.05, 4.69) is 15.6 Å². The molecular formula is C19H30ClIN4O. The average molecular weight is 493 g/mol. The lowest BCUT2D eigenvalue weighted by Crippen LogP contribution is -2.49. The number of amides is 1. The Labute approximate surface area is 179 Å². The Balaban J connectivity index is 0.00000338. The molecule has 0 saturated heterocycles. The number of carbonyl (C=O) groups is 1. The highest BCUT2D eigenvalue weighted by Gasteiger charge is 2.42. The van der Waals surface area contributed by atoms with Gasteiger partial charge in [-0.3, -0.25) is 4.79 Å². The molecule has 1 aliphatic rings. The van der Waals surface area contributed by atoms with Crippen LogP contribution in [-0.2, 0) is 11.3 Å². The van der Waals surface area contributed by atoms with Crippen LogP contribution in [0.4, 0.5) is 0 Å². The highest BCUT2D eigenvalue weighted by atomic mass is 127. The quantitative estimate of drug-likeness (QED) is 0.362. The fourth-order valence-electron chi connectivity index (χ4n) is 3.38. The number of benzene rings is 1. The summed E-state index contributed by atoms with van der Waals surface area (Å²) >= 11 is 6.20. The molecule has 0 radical (unpaired) electrons. The van der Waals surface area contributed by atoms with E-state index in [4.69, 9.17) is 11.6 Å². The van der Waals surface area contributed by atoms with E-state index in [0.717, 1.165) is 48.8 Å². The third-order valence-corrected chi connectivity index (χ3v) is 5.09. The number of halogens is 2. The topological polar surface area (TPSA) is 56.7 Å². The van der Waals surface area contributed by atoms with E-state index in [0.29, 0.717) is 13.1 Å². The zero-order valence-corrected chi connectivity index (χ0v) is 18.9. The molecule has 1 aromatic carbocycles. The highest BCUT2D eigenvalue weighted by Crippen LogP contribution is 2.38. The maximum absolute atomic E-state index is 12.7. The number of aliphatic imine (C=N–C) groups is 1. The first-order valence-corrected chi connectivity index (χ1v) is 9.33. The molecule has 0 bridgehead atoms. The van der Waals surface area contributed by atoms with E-state index >= 15 is 0 Å². The Hall–Kier alpha value is -1.02. The van der Waals surface area contributed by atoms with Crippen molar-refractivity contribution < 1.29 is 4.79 Å². The minimum absolute atomic E-state index is 0. The number of hydrogen-bond donors (Lipinski definition) is 2. The van der Waals surface area contributed by atoms with Crippen molar-refractivity contribution in [2.45, 2.75) is 39.2 Å². The number of nitrogens with one attached hydrogen (secondary N) is 2. The Kier molecular flexibility index (Phi) is 9.71. The number of hydrogen-bond acceptors (Lipinski definition) is 2. The first kappa shape index (κ1) is 23.0. The number of rotatable bonds is 6. The van der Waals surface area contributed by atoms with E-state index in [1.54, 1.807) is 4.90 Å². The van der Waals surface area contributed by atoms with Gasteiger partial charge in [0.05, 0.1) is 12.0 Å². The number of carbonyl (C=O) groups excluding carboxylic acids is 1. The molecule has 2 N–H and O–H groups in total. The van der Waals surface area contributed by atoms with Gasteiger partial charge in [-0.1, -0.05) is 42.6 Å². The van der Waals surface area contributed by atoms with Crippen LogP contribution in [0.1, 0.15) is 38.2 Å². The van der Waals surface area contributed by atoms with E-state index in [9.17, 15) is 4.79 Å². The van der Waals surface area contributed by atoms with Crippen LogP contribution in [0.5, 0.6) is 0 Å². The Morgan fingerprint density at radius 3 is 2.46 bits per heavy atom. The van der Waals surface area contributed by atoms with Crippen molar-refractivity contribution in [1.29, 1.82) is 0 Å². The molecule has 0 spiro atoms. The molecule has 1 fully saturated rings. The van der Waals surface area contributed by atoms with Crippen LogP contribution in [0.3, 0.4) is 0 Å². The van der Waals surface area contributed by atoms with Gasteiger partial charge in [0, 0.05) is 32.2 Å². The maximum Gasteiger partial charge on any atom is 0.230 e. The SMILES string of the molecule is CCNC(=NCc1ccccc1Cl)NCC1(C(=O)N(C)C)CCCC1.I. The lowest BCUT2D eigenvalue weighted by Gasteiger charge is -2.31. The molecular weight excluding hydrogens is 463 g/mol. The van der Waals surface area contributed by atoms with Crippen LogP contribution >= 0.6 is 35.6 Å². The summed E-state index contributed by atoms with van der Waals surface area (Å²) in [6, 6.07) is 7.72. The molecule has 7 heteroatoms. The van der Waals surface area contributed by atoms with Gasteiger partial charge in [0.1, 0.15) is 0 Å². The molecule has 0 aliphatic heterocycles. The standard InChI is InChI=1S/C19H29ClN4O.HI/c1-4-21-18(22-13-15-9-5-6-10-16(15)20)23-14-19(11-7-8-12-19)17(25)24(2)3;/h5-6,9-10H,4,7-8,11-14H2,1-3H3,(H2,21,22,23);1H. The lowest BCUT2D eigenvalue weighted by molar-refractivity contribution is -0.138. The molecule has 26 heavy (non-hydrogen) atoms. The van der Waals surface area contributed by atoms with Crippen molar-refractivity contribution in [2.75, 3.05) is 27.2 Å². The van der Waals surface area contributed by atoms with Gasteiger partial charge in [-0.25, -0.2) is 4.99 Å². The summed E-state index contributed by atoms with van der Waals surface area (Å²) in [5.74, 6) is 0.930. The van der Waals surface area contributed by atoms with Gasteiger partial charge in [-0.15, -0.1) is 24.0 Å². The largest absolute Gasteiger partial charge is 0.357 e. The van der Waals surface area contributed by atoms with E-state index in [1.807, 2.05) is 45.3 Å². The van der Waals surface area contributed by atoms with Crippen molar-refractivity contribution >= 4 is 47.4 Å². The van der Waals surface area contributed by atoms with Crippen molar-refractivity contribution in [3.63, 3.8) is 0 Å². The third-order valence-electron chi connectivity index (χ3n) is 4.72. The van der Waals surface area contributed by atoms with Crippen LogP contribution < -0.4 is 10.6 Å². The summed E-state index contributed by atoms with van der Waals surface area (Å²) in [7, 11) is 3.66. The van der Waals surface area contributed by atoms with Crippen molar-refractivity contribution in [1.82, 2.24) is 15.5 Å². The Morgan fingerprint density at radius 2 is 1.88 bits per heavy atom. The van der Waals surface area contributed by atoms with Gasteiger partial charge >= 0.3 is 0 Å². The number of guanidine groups is 1. The molecule has 1 saturated carbocycles. The second-order valence-corrected chi connectivity index (χ2v) is 7.23. The van der Waals surface area contributed by atoms with Gasteiger partial charge in [-0.05, 0) is 31.4 Å². The number of nitrogens with zero attached hydrogens (tertiary/aromatic N) is 2. The smallest absolute Gasteiger partial charge is 0.230 e. The molecule has 1 aromatic rings. The normalized spacial score (nSPS) is 15.9. The van der Waals surface area contributed by atoms with Gasteiger partial charge in [0.25, 0.3) is 0 Å². The molecule has 0 heterocycles. The Bertz CT molecular complexity index is 615. The highest BCUT2D eigenvalue weighted by molar-refractivity contribution is 14.0. The second-order valence-electron chi connectivity index (χ2n) is 6.83. The third kappa shape index (κ3) is 6.01. The van der Waals surface area contributed by atoms with Crippen molar-refractivity contribution in [3.05, 3.63) is 34.9 Å². The summed E-state index contributed by atoms with van der Waals surface area (Å²) in [6.07, 6.45) is 4.07. The van der Waals surface area contributed by atoms with E-state index in [-0.39, 0.29) is 35.3 Å². The maximum atomic E-state index is 12.7. The van der Waals surface area contributed by atoms with Crippen LogP contribution in [0, 0.1) is 5.41 Å². The predicted molar refractivity (Wildman–Crippen MR) is 119 cm³/mol. The van der Waals surface area contributed by atoms with E-state index < -0.39 is 0 Å². The van der Waals surface area contributed by atoms with Crippen LogP contribution in [0.15, 0.2) is 29.3 Å². The van der Waals surface area contributed by atoms with E-state index in [1.165, 1.54) is 0 Å². The first-order valence-electron chi connectivity index (χ1n) is 8.96. The summed E-state index contributed by atoms with van der Waals surface area (Å²) in [6.45, 7) is 3.91. The summed E-state index contributed by atoms with van der Waals surface area (Å²) in [5.41, 5.74) is 0.672. The minimum atomic E-state index is -0.315. The molecule has 2 rings (SSSR count). The van der Waals surface area contributed by atoms with Gasteiger partial charge in [-0.2, -0.15) is 0 Å². The zero-order valence-electron chi connectivity index (χ0n) is 15.8. The van der Waals surface area contributed by atoms with Crippen LogP contribution in [-0.4, -0.2) is 44.0 Å². The molecule has 1 aliphatic carbocycles. The minimum Gasteiger partial charge on any atom is -0.357 e. The second kappa shape index (κ2) is 11.0. The van der Waals surface area contributed by atoms with Crippen molar-refractivity contribution in [2.24, 2.45) is 10.4 Å². The summed E-state index contributed by atoms with van der Waals surface area (Å²) in [5, 5.41) is 7.35. The molecule has 5 nitrogen and oxygen atoms in total. The summed E-state index contributed by atoms with van der Waals surface area (Å²) < 4.78 is 0. The molecule has 1 amide bonds. The zero-order chi connectivity index (χ0) is 18.3. The summed E-state index contributed by atoms with van der Waals surface area (Å²) in [4.78, 5) is 19.0. The van der Waals surface area contributed by atoms with Gasteiger partial charge < -0.3 is 15.5 Å². The van der Waals surface area contributed by atoms with Crippen molar-refractivity contribution in [3.8, 4) is 0 Å². The molecule has 146 valence electrons. The van der Waals surface area contributed by atoms with Crippen LogP contribution in [0.25, 0.3) is 0 Å². The van der Waals surface area contributed by atoms with Gasteiger partial charge in [0.2, 0.25) is 5.91 Å². The fraction of sp³-hybridized carbons (Fsp3) is 0.579. The lowest BCUT2D eigenvalue weighted by atomic mass is 9.84. The van der Waals surface area contributed by atoms with Gasteiger partial charge in [0.15, 0.2) is 5.96 Å². The average Bonchev–Trinajstić information content (AvgIpc) is 3.08. The first-order chi connectivity index (χ1) is 12.0. The predicted octanol–water partition coefficient (Wildman–Crippen LogP) is 3.66. The fourth-order valence-corrected chi connectivity index (χ4v) is 3.57. The molecule has 0 aromatic heterocycles. The molecule has 0 unspecified atom stereocenters. The monoisotopic (exact) mass is 492 g/mol. The van der Waals surface area contributed by atoms with Crippen LogP contribution in [0.2, 0.25) is 5.02 Å². The molecule has 0 atom stereocenters. The Morgan fingerprint density at radius 1 is 1.23 bits per heavy atom.